The number of hydrogen-bond acceptors (Lipinski definition) is 5. The molecule has 0 radical (unpaired) electrons. The van der Waals surface area contributed by atoms with Crippen LogP contribution in [0.25, 0.3) is 0 Å². The number of aldehydes is 1. The Kier molecular flexibility index (Phi) is 7.44. The maximum absolute atomic E-state index is 10.9. The van der Waals surface area contributed by atoms with E-state index in [1.54, 1.807) is 18.2 Å². The molecule has 118 valence electrons. The Hall–Kier alpha value is -0.990. The van der Waals surface area contributed by atoms with Crippen LogP contribution in [0.2, 0.25) is 10.3 Å². The maximum Gasteiger partial charge on any atom is 0.224 e. The molecule has 0 saturated carbocycles. The van der Waals surface area contributed by atoms with E-state index >= 15 is 0 Å². The van der Waals surface area contributed by atoms with Gasteiger partial charge in [0.2, 0.25) is 5.28 Å². The van der Waals surface area contributed by atoms with Gasteiger partial charge < -0.3 is 9.84 Å². The zero-order valence-corrected chi connectivity index (χ0v) is 15.8. The van der Waals surface area contributed by atoms with Gasteiger partial charge in [0.05, 0.1) is 20.0 Å². The minimum atomic E-state index is -0.647. The smallest absolute Gasteiger partial charge is 0.224 e. The van der Waals surface area contributed by atoms with Crippen molar-refractivity contribution in [3.63, 3.8) is 0 Å². The predicted octanol–water partition coefficient (Wildman–Crippen LogP) is 4.43. The maximum atomic E-state index is 10.9. The van der Waals surface area contributed by atoms with Crippen molar-refractivity contribution in [2.24, 2.45) is 0 Å². The summed E-state index contributed by atoms with van der Waals surface area (Å²) in [6, 6.07) is 5.06. The van der Waals surface area contributed by atoms with Gasteiger partial charge in [-0.25, -0.2) is 4.98 Å². The molecule has 1 heterocycles. The van der Waals surface area contributed by atoms with Crippen molar-refractivity contribution in [1.82, 2.24) is 9.97 Å². The summed E-state index contributed by atoms with van der Waals surface area (Å²) < 4.78 is 5.75. The molecule has 2 aromatic rings. The molecule has 22 heavy (non-hydrogen) atoms. The first kappa shape index (κ1) is 19.1. The lowest BCUT2D eigenvalue weighted by Crippen LogP contribution is -1.99. The standard InChI is InChI=1S/C13H12Cl2N3O2P.H3P/c1-21(2)20-11-5-8(7-19)3-4-10(11)17-12-9(14)6-16-13(15)18-12;/h3-7H,1-2H3,(H,16,17,18);1H3. The number of nitrogens with one attached hydrogen (secondary N) is 1. The average molecular weight is 378 g/mol. The van der Waals surface area contributed by atoms with Crippen LogP contribution in [0, 0.1) is 0 Å². The molecule has 1 aromatic carbocycles. The van der Waals surface area contributed by atoms with Crippen molar-refractivity contribution in [2.75, 3.05) is 18.6 Å². The zero-order chi connectivity index (χ0) is 15.4. The molecule has 1 unspecified atom stereocenters. The fourth-order valence-electron chi connectivity index (χ4n) is 1.55. The van der Waals surface area contributed by atoms with E-state index in [0.29, 0.717) is 27.8 Å². The summed E-state index contributed by atoms with van der Waals surface area (Å²) in [5, 5.41) is 3.46. The average Bonchev–Trinajstić information content (AvgIpc) is 2.44. The molecule has 0 aliphatic carbocycles. The van der Waals surface area contributed by atoms with Crippen LogP contribution in [0.1, 0.15) is 10.4 Å². The van der Waals surface area contributed by atoms with Crippen LogP contribution in [0.4, 0.5) is 11.5 Å². The van der Waals surface area contributed by atoms with E-state index in [0.717, 1.165) is 6.29 Å². The second-order valence-electron chi connectivity index (χ2n) is 4.24. The number of rotatable bonds is 5. The molecule has 1 aromatic heterocycles. The van der Waals surface area contributed by atoms with Gasteiger partial charge in [-0.15, -0.1) is 0 Å². The van der Waals surface area contributed by atoms with Gasteiger partial charge in [-0.1, -0.05) is 11.6 Å². The van der Waals surface area contributed by atoms with Crippen LogP contribution in [0.15, 0.2) is 24.4 Å². The molecule has 0 fully saturated rings. The Labute approximate surface area is 143 Å². The molecular weight excluding hydrogens is 363 g/mol. The summed E-state index contributed by atoms with van der Waals surface area (Å²) in [5.74, 6) is 0.929. The number of halogens is 2. The zero-order valence-electron chi connectivity index (χ0n) is 12.0. The topological polar surface area (TPSA) is 64.1 Å². The SMILES string of the molecule is CP(C)Oc1cc(C=O)ccc1Nc1nc(Cl)ncc1Cl.P. The van der Waals surface area contributed by atoms with Crippen LogP contribution in [-0.4, -0.2) is 29.6 Å². The molecule has 1 N–H and O–H groups in total. The number of benzene rings is 1. The van der Waals surface area contributed by atoms with E-state index in [1.165, 1.54) is 6.20 Å². The van der Waals surface area contributed by atoms with Gasteiger partial charge in [0, 0.05) is 5.56 Å². The fourth-order valence-corrected chi connectivity index (χ4v) is 2.36. The van der Waals surface area contributed by atoms with E-state index < -0.39 is 8.15 Å². The normalized spacial score (nSPS) is 10.0. The lowest BCUT2D eigenvalue weighted by molar-refractivity contribution is 0.112. The largest absolute Gasteiger partial charge is 0.472 e. The van der Waals surface area contributed by atoms with Gasteiger partial charge in [0.1, 0.15) is 17.1 Å². The van der Waals surface area contributed by atoms with Crippen LogP contribution >= 0.6 is 41.2 Å². The quantitative estimate of drug-likeness (QED) is 0.474. The summed E-state index contributed by atoms with van der Waals surface area (Å²) in [6.07, 6.45) is 2.17. The highest BCUT2D eigenvalue weighted by molar-refractivity contribution is 7.51. The van der Waals surface area contributed by atoms with Crippen molar-refractivity contribution < 1.29 is 9.32 Å². The van der Waals surface area contributed by atoms with E-state index in [9.17, 15) is 4.79 Å². The van der Waals surface area contributed by atoms with Gasteiger partial charge >= 0.3 is 0 Å². The molecule has 0 amide bonds. The third kappa shape index (κ3) is 5.03. The Morgan fingerprint density at radius 3 is 2.68 bits per heavy atom. The fraction of sp³-hybridized carbons (Fsp3) is 0.154. The first-order chi connectivity index (χ1) is 9.99. The van der Waals surface area contributed by atoms with Gasteiger partial charge in [-0.2, -0.15) is 14.9 Å². The second-order valence-corrected chi connectivity index (χ2v) is 6.79. The summed E-state index contributed by atoms with van der Waals surface area (Å²) in [7, 11) is -0.647. The summed E-state index contributed by atoms with van der Waals surface area (Å²) in [5.41, 5.74) is 1.17. The van der Waals surface area contributed by atoms with Crippen molar-refractivity contribution in [3.05, 3.63) is 40.3 Å². The summed E-state index contributed by atoms with van der Waals surface area (Å²) in [4.78, 5) is 18.7. The van der Waals surface area contributed by atoms with Gasteiger partial charge in [0.25, 0.3) is 0 Å². The Morgan fingerprint density at radius 2 is 2.05 bits per heavy atom. The van der Waals surface area contributed by atoms with Crippen molar-refractivity contribution in [2.45, 2.75) is 0 Å². The first-order valence-electron chi connectivity index (χ1n) is 5.89. The highest BCUT2D eigenvalue weighted by atomic mass is 35.5. The number of carbonyl (C=O) groups excluding carboxylic acids is 1. The predicted molar refractivity (Wildman–Crippen MR) is 97.7 cm³/mol. The molecule has 0 saturated heterocycles. The van der Waals surface area contributed by atoms with Crippen molar-refractivity contribution in [1.29, 1.82) is 0 Å². The monoisotopic (exact) mass is 377 g/mol. The Bertz CT molecular complexity index is 672. The van der Waals surface area contributed by atoms with Crippen LogP contribution in [0.3, 0.4) is 0 Å². The van der Waals surface area contributed by atoms with Crippen molar-refractivity contribution >= 4 is 59.0 Å². The molecule has 9 heteroatoms. The highest BCUT2D eigenvalue weighted by Gasteiger charge is 2.11. The lowest BCUT2D eigenvalue weighted by Gasteiger charge is -2.15. The first-order valence-corrected chi connectivity index (χ1v) is 8.80. The minimum absolute atomic E-state index is 0. The number of aromatic nitrogens is 2. The molecular formula is C13H15Cl2N3O2P2. The lowest BCUT2D eigenvalue weighted by atomic mass is 10.2. The Morgan fingerprint density at radius 1 is 1.32 bits per heavy atom. The Balaban J connectivity index is 0.00000242. The van der Waals surface area contributed by atoms with Gasteiger partial charge in [-0.05, 0) is 43.1 Å². The molecule has 0 bridgehead atoms. The van der Waals surface area contributed by atoms with E-state index in [-0.39, 0.29) is 15.2 Å². The van der Waals surface area contributed by atoms with Crippen LogP contribution in [-0.2, 0) is 0 Å². The number of nitrogens with zero attached hydrogens (tertiary/aromatic N) is 2. The van der Waals surface area contributed by atoms with E-state index in [1.807, 2.05) is 13.3 Å². The number of carbonyl (C=O) groups is 1. The minimum Gasteiger partial charge on any atom is -0.472 e. The number of anilines is 2. The third-order valence-electron chi connectivity index (χ3n) is 2.39. The van der Waals surface area contributed by atoms with Gasteiger partial charge in [0.15, 0.2) is 5.82 Å². The third-order valence-corrected chi connectivity index (χ3v) is 3.41. The highest BCUT2D eigenvalue weighted by Crippen LogP contribution is 2.37. The van der Waals surface area contributed by atoms with Crippen LogP contribution in [0.5, 0.6) is 5.75 Å². The molecule has 0 aliphatic rings. The molecule has 5 nitrogen and oxygen atoms in total. The molecule has 0 aliphatic heterocycles. The second kappa shape index (κ2) is 8.59. The van der Waals surface area contributed by atoms with E-state index in [2.05, 4.69) is 15.3 Å². The van der Waals surface area contributed by atoms with Crippen molar-refractivity contribution in [3.8, 4) is 5.75 Å². The number of hydrogen-bond donors (Lipinski definition) is 1. The summed E-state index contributed by atoms with van der Waals surface area (Å²) in [6.45, 7) is 3.92. The summed E-state index contributed by atoms with van der Waals surface area (Å²) >= 11 is 11.8. The van der Waals surface area contributed by atoms with Crippen LogP contribution < -0.4 is 9.84 Å². The molecule has 1 atom stereocenters. The van der Waals surface area contributed by atoms with Gasteiger partial charge in [-0.3, -0.25) is 4.79 Å². The van der Waals surface area contributed by atoms with E-state index in [4.69, 9.17) is 27.7 Å². The molecule has 2 rings (SSSR count). The molecule has 0 spiro atoms.